The first-order valence-electron chi connectivity index (χ1n) is 6.01. The van der Waals surface area contributed by atoms with Gasteiger partial charge in [-0.05, 0) is 30.7 Å². The van der Waals surface area contributed by atoms with Gasteiger partial charge in [0.15, 0.2) is 6.61 Å². The number of carbonyl (C=O) groups excluding carboxylic acids is 1. The standard InChI is InChI=1S/C13H17ClN2O2/c1-16-11-8-10(4-6-15-7-5-14)2-3-12(11)18-9-13(16)17/h2-3,8,15H,4-7,9H2,1H3. The Labute approximate surface area is 112 Å². The number of amides is 1. The molecule has 4 nitrogen and oxygen atoms in total. The molecule has 1 aromatic rings. The summed E-state index contributed by atoms with van der Waals surface area (Å²) >= 11 is 5.59. The van der Waals surface area contributed by atoms with Crippen LogP contribution in [0.2, 0.25) is 0 Å². The summed E-state index contributed by atoms with van der Waals surface area (Å²) in [6.07, 6.45) is 0.909. The molecule has 0 atom stereocenters. The highest BCUT2D eigenvalue weighted by atomic mass is 35.5. The molecule has 2 rings (SSSR count). The van der Waals surface area contributed by atoms with E-state index in [-0.39, 0.29) is 12.5 Å². The molecular formula is C13H17ClN2O2. The zero-order chi connectivity index (χ0) is 13.0. The van der Waals surface area contributed by atoms with Crippen molar-refractivity contribution in [2.45, 2.75) is 6.42 Å². The fraction of sp³-hybridized carbons (Fsp3) is 0.462. The van der Waals surface area contributed by atoms with Crippen molar-refractivity contribution in [1.82, 2.24) is 5.32 Å². The van der Waals surface area contributed by atoms with Crippen molar-refractivity contribution in [3.8, 4) is 5.75 Å². The van der Waals surface area contributed by atoms with E-state index < -0.39 is 0 Å². The molecule has 98 valence electrons. The lowest BCUT2D eigenvalue weighted by molar-refractivity contribution is -0.120. The van der Waals surface area contributed by atoms with E-state index in [2.05, 4.69) is 5.32 Å². The first kappa shape index (κ1) is 13.2. The van der Waals surface area contributed by atoms with Crippen molar-refractivity contribution in [2.75, 3.05) is 37.5 Å². The highest BCUT2D eigenvalue weighted by molar-refractivity contribution is 6.18. The quantitative estimate of drug-likeness (QED) is 0.649. The van der Waals surface area contributed by atoms with Crippen LogP contribution in [0.4, 0.5) is 5.69 Å². The molecule has 1 aliphatic heterocycles. The first-order valence-corrected chi connectivity index (χ1v) is 6.55. The van der Waals surface area contributed by atoms with E-state index in [0.29, 0.717) is 5.88 Å². The highest BCUT2D eigenvalue weighted by Crippen LogP contribution is 2.31. The third-order valence-electron chi connectivity index (χ3n) is 2.97. The number of rotatable bonds is 5. The van der Waals surface area contributed by atoms with Crippen molar-refractivity contribution in [3.05, 3.63) is 23.8 Å². The average molecular weight is 269 g/mol. The molecule has 0 saturated carbocycles. The molecule has 1 aromatic carbocycles. The normalized spacial score (nSPS) is 14.3. The highest BCUT2D eigenvalue weighted by Gasteiger charge is 2.21. The Morgan fingerprint density at radius 3 is 3.06 bits per heavy atom. The van der Waals surface area contributed by atoms with Gasteiger partial charge < -0.3 is 15.0 Å². The molecule has 0 radical (unpaired) electrons. The van der Waals surface area contributed by atoms with Crippen molar-refractivity contribution in [1.29, 1.82) is 0 Å². The van der Waals surface area contributed by atoms with Crippen LogP contribution in [0.25, 0.3) is 0 Å². The largest absolute Gasteiger partial charge is 0.482 e. The van der Waals surface area contributed by atoms with Gasteiger partial charge in [-0.1, -0.05) is 6.07 Å². The predicted molar refractivity (Wildman–Crippen MR) is 72.6 cm³/mol. The fourth-order valence-electron chi connectivity index (χ4n) is 1.90. The van der Waals surface area contributed by atoms with Crippen LogP contribution < -0.4 is 15.0 Å². The van der Waals surface area contributed by atoms with Gasteiger partial charge in [-0.25, -0.2) is 0 Å². The molecule has 0 spiro atoms. The molecular weight excluding hydrogens is 252 g/mol. The van der Waals surface area contributed by atoms with Crippen molar-refractivity contribution in [3.63, 3.8) is 0 Å². The summed E-state index contributed by atoms with van der Waals surface area (Å²) in [7, 11) is 1.78. The van der Waals surface area contributed by atoms with Crippen LogP contribution >= 0.6 is 11.6 Å². The molecule has 1 aliphatic rings. The van der Waals surface area contributed by atoms with Gasteiger partial charge >= 0.3 is 0 Å². The lowest BCUT2D eigenvalue weighted by Gasteiger charge is -2.26. The number of hydrogen-bond acceptors (Lipinski definition) is 3. The molecule has 0 aromatic heterocycles. The van der Waals surface area contributed by atoms with Crippen molar-refractivity contribution >= 4 is 23.2 Å². The number of likely N-dealkylation sites (N-methyl/N-ethyl adjacent to an activating group) is 1. The second-order valence-corrected chi connectivity index (χ2v) is 4.61. The smallest absolute Gasteiger partial charge is 0.264 e. The monoisotopic (exact) mass is 268 g/mol. The zero-order valence-corrected chi connectivity index (χ0v) is 11.2. The van der Waals surface area contributed by atoms with Crippen LogP contribution in [0.1, 0.15) is 5.56 Å². The summed E-state index contributed by atoms with van der Waals surface area (Å²) in [6.45, 7) is 1.82. The van der Waals surface area contributed by atoms with Crippen molar-refractivity contribution in [2.24, 2.45) is 0 Å². The van der Waals surface area contributed by atoms with Crippen LogP contribution in [0.15, 0.2) is 18.2 Å². The van der Waals surface area contributed by atoms with E-state index in [0.717, 1.165) is 30.9 Å². The van der Waals surface area contributed by atoms with Crippen LogP contribution in [0.5, 0.6) is 5.75 Å². The minimum absolute atomic E-state index is 0.0140. The number of nitrogens with zero attached hydrogens (tertiary/aromatic N) is 1. The van der Waals surface area contributed by atoms with Crippen LogP contribution in [-0.2, 0) is 11.2 Å². The van der Waals surface area contributed by atoms with Gasteiger partial charge in [0.1, 0.15) is 5.75 Å². The minimum atomic E-state index is -0.0140. The van der Waals surface area contributed by atoms with Crippen molar-refractivity contribution < 1.29 is 9.53 Å². The number of carbonyl (C=O) groups is 1. The van der Waals surface area contributed by atoms with E-state index >= 15 is 0 Å². The Hall–Kier alpha value is -1.26. The SMILES string of the molecule is CN1C(=O)COc2ccc(CCNCCCl)cc21. The van der Waals surface area contributed by atoms with Gasteiger partial charge in [0.2, 0.25) is 0 Å². The van der Waals surface area contributed by atoms with E-state index in [1.165, 1.54) is 5.56 Å². The van der Waals surface area contributed by atoms with Gasteiger partial charge in [-0.3, -0.25) is 4.79 Å². The van der Waals surface area contributed by atoms with Crippen LogP contribution in [0.3, 0.4) is 0 Å². The number of alkyl halides is 1. The third-order valence-corrected chi connectivity index (χ3v) is 3.16. The van der Waals surface area contributed by atoms with E-state index in [4.69, 9.17) is 16.3 Å². The molecule has 0 unspecified atom stereocenters. The molecule has 1 N–H and O–H groups in total. The molecule has 0 aliphatic carbocycles. The molecule has 5 heteroatoms. The maximum Gasteiger partial charge on any atom is 0.264 e. The lowest BCUT2D eigenvalue weighted by atomic mass is 10.1. The van der Waals surface area contributed by atoms with E-state index in [9.17, 15) is 4.79 Å². The number of hydrogen-bond donors (Lipinski definition) is 1. The summed E-state index contributed by atoms with van der Waals surface area (Å²) < 4.78 is 5.38. The maximum absolute atomic E-state index is 11.5. The second kappa shape index (κ2) is 6.07. The molecule has 18 heavy (non-hydrogen) atoms. The Morgan fingerprint density at radius 2 is 2.28 bits per heavy atom. The predicted octanol–water partition coefficient (Wildman–Crippen LogP) is 1.41. The third kappa shape index (κ3) is 2.94. The van der Waals surface area contributed by atoms with Crippen LogP contribution in [0, 0.1) is 0 Å². The summed E-state index contributed by atoms with van der Waals surface area (Å²) in [6, 6.07) is 5.97. The summed E-state index contributed by atoms with van der Waals surface area (Å²) in [5, 5.41) is 3.24. The number of halogens is 1. The Bertz CT molecular complexity index is 437. The lowest BCUT2D eigenvalue weighted by Crippen LogP contribution is -2.35. The van der Waals surface area contributed by atoms with Gasteiger partial charge in [-0.2, -0.15) is 0 Å². The molecule has 1 heterocycles. The number of fused-ring (bicyclic) bond motifs is 1. The van der Waals surface area contributed by atoms with Gasteiger partial charge in [0, 0.05) is 19.5 Å². The second-order valence-electron chi connectivity index (χ2n) is 4.23. The number of nitrogens with one attached hydrogen (secondary N) is 1. The molecule has 1 amide bonds. The molecule has 0 fully saturated rings. The van der Waals surface area contributed by atoms with Crippen LogP contribution in [-0.4, -0.2) is 38.5 Å². The van der Waals surface area contributed by atoms with E-state index in [1.54, 1.807) is 11.9 Å². The minimum Gasteiger partial charge on any atom is -0.482 e. The van der Waals surface area contributed by atoms with Gasteiger partial charge in [-0.15, -0.1) is 11.6 Å². The Morgan fingerprint density at radius 1 is 1.44 bits per heavy atom. The zero-order valence-electron chi connectivity index (χ0n) is 10.4. The van der Waals surface area contributed by atoms with Gasteiger partial charge in [0.25, 0.3) is 5.91 Å². The summed E-state index contributed by atoms with van der Waals surface area (Å²) in [5.74, 6) is 1.38. The molecule has 0 saturated heterocycles. The fourth-order valence-corrected chi connectivity index (χ4v) is 2.03. The summed E-state index contributed by atoms with van der Waals surface area (Å²) in [5.41, 5.74) is 2.03. The maximum atomic E-state index is 11.5. The first-order chi connectivity index (χ1) is 8.72. The molecule has 0 bridgehead atoms. The number of benzene rings is 1. The topological polar surface area (TPSA) is 41.6 Å². The Kier molecular flexibility index (Phi) is 4.44. The van der Waals surface area contributed by atoms with E-state index in [1.807, 2.05) is 18.2 Å². The number of ether oxygens (including phenoxy) is 1. The van der Waals surface area contributed by atoms with Gasteiger partial charge in [0.05, 0.1) is 5.69 Å². The summed E-state index contributed by atoms with van der Waals surface area (Å²) in [4.78, 5) is 13.2. The average Bonchev–Trinajstić information content (AvgIpc) is 2.39. The Balaban J connectivity index is 2.04. The number of anilines is 1.